The molecule has 1 aromatic carbocycles. The van der Waals surface area contributed by atoms with Crippen LogP contribution in [-0.4, -0.2) is 39.9 Å². The molecule has 1 aliphatic rings. The summed E-state index contributed by atoms with van der Waals surface area (Å²) in [5, 5.41) is 11.4. The largest absolute Gasteiger partial charge is 0.472 e. The maximum atomic E-state index is 12.7. The van der Waals surface area contributed by atoms with E-state index >= 15 is 0 Å². The number of aromatic nitrogens is 1. The van der Waals surface area contributed by atoms with Crippen LogP contribution < -0.4 is 4.74 Å². The van der Waals surface area contributed by atoms with Crippen molar-refractivity contribution >= 4 is 23.2 Å². The van der Waals surface area contributed by atoms with Gasteiger partial charge in [0.2, 0.25) is 5.88 Å². The van der Waals surface area contributed by atoms with Crippen molar-refractivity contribution < 1.29 is 14.5 Å². The number of ether oxygens (including phenoxy) is 1. The van der Waals surface area contributed by atoms with Gasteiger partial charge in [0.25, 0.3) is 11.6 Å². The molecular formula is C17H16ClN3O4. The number of nitro groups is 1. The molecule has 7 nitrogen and oxygen atoms in total. The third-order valence-corrected chi connectivity index (χ3v) is 4.20. The summed E-state index contributed by atoms with van der Waals surface area (Å²) in [6.45, 7) is 2.67. The van der Waals surface area contributed by atoms with E-state index in [0.29, 0.717) is 25.4 Å². The molecule has 0 saturated carbocycles. The fourth-order valence-corrected chi connectivity index (χ4v) is 2.94. The van der Waals surface area contributed by atoms with Gasteiger partial charge in [-0.3, -0.25) is 14.9 Å². The van der Waals surface area contributed by atoms with Crippen molar-refractivity contribution in [2.24, 2.45) is 0 Å². The lowest BCUT2D eigenvalue weighted by molar-refractivity contribution is -0.385. The quantitative estimate of drug-likeness (QED) is 0.616. The van der Waals surface area contributed by atoms with E-state index in [-0.39, 0.29) is 22.4 Å². The first-order valence-electron chi connectivity index (χ1n) is 7.77. The summed E-state index contributed by atoms with van der Waals surface area (Å²) in [5.41, 5.74) is 0.587. The van der Waals surface area contributed by atoms with Gasteiger partial charge in [-0.1, -0.05) is 17.7 Å². The molecule has 130 valence electrons. The third kappa shape index (κ3) is 3.88. The maximum Gasteiger partial charge on any atom is 0.282 e. The van der Waals surface area contributed by atoms with Crippen LogP contribution in [0.25, 0.3) is 0 Å². The van der Waals surface area contributed by atoms with Crippen LogP contribution in [0.2, 0.25) is 5.02 Å². The first-order valence-corrected chi connectivity index (χ1v) is 8.15. The molecular weight excluding hydrogens is 346 g/mol. The van der Waals surface area contributed by atoms with Gasteiger partial charge in [0.05, 0.1) is 11.5 Å². The van der Waals surface area contributed by atoms with E-state index in [1.54, 1.807) is 11.0 Å². The SMILES string of the molecule is Cc1cccc(OC2CCN(C(=O)c3cc(Cl)ccc3[N+](=O)[O-])C2)n1. The Morgan fingerprint density at radius 3 is 2.92 bits per heavy atom. The van der Waals surface area contributed by atoms with E-state index in [4.69, 9.17) is 16.3 Å². The summed E-state index contributed by atoms with van der Waals surface area (Å²) >= 11 is 5.90. The molecule has 0 N–H and O–H groups in total. The maximum absolute atomic E-state index is 12.7. The second-order valence-corrected chi connectivity index (χ2v) is 6.25. The van der Waals surface area contributed by atoms with Crippen molar-refractivity contribution in [3.8, 4) is 5.88 Å². The highest BCUT2D eigenvalue weighted by molar-refractivity contribution is 6.31. The first-order chi connectivity index (χ1) is 11.9. The fraction of sp³-hybridized carbons (Fsp3) is 0.294. The lowest BCUT2D eigenvalue weighted by Crippen LogP contribution is -2.31. The zero-order valence-electron chi connectivity index (χ0n) is 13.5. The molecule has 1 aliphatic heterocycles. The number of carbonyl (C=O) groups is 1. The van der Waals surface area contributed by atoms with Crippen LogP contribution >= 0.6 is 11.6 Å². The van der Waals surface area contributed by atoms with Crippen LogP contribution in [0.5, 0.6) is 5.88 Å². The first kappa shape index (κ1) is 17.2. The molecule has 25 heavy (non-hydrogen) atoms. The number of carbonyl (C=O) groups excluding carboxylic acids is 1. The number of likely N-dealkylation sites (tertiary alicyclic amines) is 1. The zero-order valence-corrected chi connectivity index (χ0v) is 14.3. The summed E-state index contributed by atoms with van der Waals surface area (Å²) in [7, 11) is 0. The number of aryl methyl sites for hydroxylation is 1. The summed E-state index contributed by atoms with van der Waals surface area (Å²) in [6.07, 6.45) is 0.437. The average Bonchev–Trinajstić information content (AvgIpc) is 3.02. The molecule has 1 aromatic heterocycles. The van der Waals surface area contributed by atoms with Gasteiger partial charge >= 0.3 is 0 Å². The Labute approximate surface area is 149 Å². The highest BCUT2D eigenvalue weighted by atomic mass is 35.5. The van der Waals surface area contributed by atoms with Gasteiger partial charge in [0.1, 0.15) is 11.7 Å². The molecule has 1 saturated heterocycles. The minimum absolute atomic E-state index is 0.00756. The van der Waals surface area contributed by atoms with Crippen LogP contribution in [0.15, 0.2) is 36.4 Å². The lowest BCUT2D eigenvalue weighted by Gasteiger charge is -2.17. The molecule has 1 atom stereocenters. The van der Waals surface area contributed by atoms with Gasteiger partial charge in [-0.15, -0.1) is 0 Å². The van der Waals surface area contributed by atoms with E-state index in [9.17, 15) is 14.9 Å². The molecule has 1 amide bonds. The second kappa shape index (κ2) is 7.06. The normalized spacial score (nSPS) is 16.7. The van der Waals surface area contributed by atoms with Crippen LogP contribution in [0.4, 0.5) is 5.69 Å². The molecule has 8 heteroatoms. The smallest absolute Gasteiger partial charge is 0.282 e. The number of amides is 1. The molecule has 0 bridgehead atoms. The molecule has 3 rings (SSSR count). The van der Waals surface area contributed by atoms with Gasteiger partial charge in [-0.25, -0.2) is 4.98 Å². The Morgan fingerprint density at radius 1 is 1.40 bits per heavy atom. The Bertz CT molecular complexity index is 827. The van der Waals surface area contributed by atoms with E-state index in [0.717, 1.165) is 5.69 Å². The summed E-state index contributed by atoms with van der Waals surface area (Å²) in [5.74, 6) is 0.0885. The van der Waals surface area contributed by atoms with E-state index in [2.05, 4.69) is 4.98 Å². The Balaban J connectivity index is 1.73. The summed E-state index contributed by atoms with van der Waals surface area (Å²) in [6, 6.07) is 9.46. The number of benzene rings is 1. The van der Waals surface area contributed by atoms with Gasteiger partial charge in [0, 0.05) is 35.8 Å². The number of nitro benzene ring substituents is 1. The molecule has 2 heterocycles. The predicted octanol–water partition coefficient (Wildman–Crippen LogP) is 3.25. The van der Waals surface area contributed by atoms with Crippen molar-refractivity contribution in [2.75, 3.05) is 13.1 Å². The lowest BCUT2D eigenvalue weighted by atomic mass is 10.1. The molecule has 1 unspecified atom stereocenters. The predicted molar refractivity (Wildman–Crippen MR) is 92.0 cm³/mol. The summed E-state index contributed by atoms with van der Waals surface area (Å²) in [4.78, 5) is 29.1. The topological polar surface area (TPSA) is 85.6 Å². The fourth-order valence-electron chi connectivity index (χ4n) is 2.77. The number of nitrogens with zero attached hydrogens (tertiary/aromatic N) is 3. The van der Waals surface area contributed by atoms with Crippen LogP contribution in [0.3, 0.4) is 0 Å². The standard InChI is InChI=1S/C17H16ClN3O4/c1-11-3-2-4-16(19-11)25-13-7-8-20(10-13)17(22)14-9-12(18)5-6-15(14)21(23)24/h2-6,9,13H,7-8,10H2,1H3. The van der Waals surface area contributed by atoms with Crippen molar-refractivity contribution in [2.45, 2.75) is 19.4 Å². The van der Waals surface area contributed by atoms with E-state index in [1.165, 1.54) is 18.2 Å². The van der Waals surface area contributed by atoms with Gasteiger partial charge in [-0.2, -0.15) is 0 Å². The second-order valence-electron chi connectivity index (χ2n) is 5.82. The van der Waals surface area contributed by atoms with Gasteiger partial charge in [0.15, 0.2) is 0 Å². The molecule has 0 radical (unpaired) electrons. The van der Waals surface area contributed by atoms with Crippen molar-refractivity contribution in [1.82, 2.24) is 9.88 Å². The van der Waals surface area contributed by atoms with Gasteiger partial charge in [-0.05, 0) is 25.1 Å². The van der Waals surface area contributed by atoms with E-state index < -0.39 is 10.8 Å². The molecule has 0 aliphatic carbocycles. The number of pyridine rings is 1. The number of hydrogen-bond donors (Lipinski definition) is 0. The van der Waals surface area contributed by atoms with Crippen LogP contribution in [0.1, 0.15) is 22.5 Å². The van der Waals surface area contributed by atoms with E-state index in [1.807, 2.05) is 19.1 Å². The third-order valence-electron chi connectivity index (χ3n) is 3.97. The monoisotopic (exact) mass is 361 g/mol. The molecule has 1 fully saturated rings. The van der Waals surface area contributed by atoms with Crippen molar-refractivity contribution in [3.05, 3.63) is 62.8 Å². The minimum atomic E-state index is -0.579. The Kier molecular flexibility index (Phi) is 4.85. The number of rotatable bonds is 4. The molecule has 0 spiro atoms. The zero-order chi connectivity index (χ0) is 18.0. The van der Waals surface area contributed by atoms with Gasteiger partial charge < -0.3 is 9.64 Å². The number of hydrogen-bond acceptors (Lipinski definition) is 5. The highest BCUT2D eigenvalue weighted by Crippen LogP contribution is 2.26. The minimum Gasteiger partial charge on any atom is -0.472 e. The van der Waals surface area contributed by atoms with Crippen LogP contribution in [0, 0.1) is 17.0 Å². The molecule has 2 aromatic rings. The summed E-state index contributed by atoms with van der Waals surface area (Å²) < 4.78 is 5.81. The number of halogens is 1. The Hall–Kier alpha value is -2.67. The van der Waals surface area contributed by atoms with Crippen LogP contribution in [-0.2, 0) is 0 Å². The highest BCUT2D eigenvalue weighted by Gasteiger charge is 2.32. The Morgan fingerprint density at radius 2 is 2.20 bits per heavy atom. The average molecular weight is 362 g/mol. The van der Waals surface area contributed by atoms with Crippen molar-refractivity contribution in [3.63, 3.8) is 0 Å². The van der Waals surface area contributed by atoms with Crippen molar-refractivity contribution in [1.29, 1.82) is 0 Å².